The van der Waals surface area contributed by atoms with Crippen molar-refractivity contribution in [1.82, 2.24) is 9.88 Å². The lowest BCUT2D eigenvalue weighted by atomic mass is 10.00. The third kappa shape index (κ3) is 3.90. The summed E-state index contributed by atoms with van der Waals surface area (Å²) in [7, 11) is 0. The third-order valence-corrected chi connectivity index (χ3v) is 4.16. The number of para-hydroxylation sites is 1. The fourth-order valence-electron chi connectivity index (χ4n) is 3.20. The third-order valence-electron chi connectivity index (χ3n) is 4.16. The molecule has 1 aromatic carbocycles. The quantitative estimate of drug-likeness (QED) is 0.906. The molecular weight excluding hydrogens is 319 g/mol. The van der Waals surface area contributed by atoms with Crippen LogP contribution >= 0.6 is 24.8 Å². The van der Waals surface area contributed by atoms with Crippen LogP contribution in [0.4, 0.5) is 0 Å². The summed E-state index contributed by atoms with van der Waals surface area (Å²) in [5, 5.41) is 10.9. The van der Waals surface area contributed by atoms with Crippen molar-refractivity contribution in [2.24, 2.45) is 0 Å². The number of hydrogen-bond acceptors (Lipinski definition) is 3. The zero-order valence-electron chi connectivity index (χ0n) is 13.1. The van der Waals surface area contributed by atoms with E-state index in [0.29, 0.717) is 0 Å². The van der Waals surface area contributed by atoms with Gasteiger partial charge in [0.1, 0.15) is 0 Å². The Morgan fingerprint density at radius 1 is 1.27 bits per heavy atom. The first-order chi connectivity index (χ1) is 9.65. The summed E-state index contributed by atoms with van der Waals surface area (Å²) in [5.74, 6) is 0. The van der Waals surface area contributed by atoms with Crippen LogP contribution in [-0.2, 0) is 13.0 Å². The largest absolute Gasteiger partial charge is 0.392 e. The van der Waals surface area contributed by atoms with Gasteiger partial charge in [0, 0.05) is 24.2 Å². The van der Waals surface area contributed by atoms with Crippen LogP contribution in [0.5, 0.6) is 0 Å². The molecule has 1 N–H and O–H groups in total. The van der Waals surface area contributed by atoms with Crippen LogP contribution in [-0.4, -0.2) is 34.2 Å². The molecule has 0 fully saturated rings. The van der Waals surface area contributed by atoms with Gasteiger partial charge in [-0.25, -0.2) is 0 Å². The molecule has 2 aromatic rings. The van der Waals surface area contributed by atoms with Crippen molar-refractivity contribution in [2.75, 3.05) is 13.1 Å². The van der Waals surface area contributed by atoms with E-state index in [1.54, 1.807) is 0 Å². The molecule has 1 unspecified atom stereocenters. The minimum atomic E-state index is -0.273. The fourth-order valence-corrected chi connectivity index (χ4v) is 3.20. The van der Waals surface area contributed by atoms with Crippen LogP contribution in [0.1, 0.15) is 30.2 Å². The zero-order chi connectivity index (χ0) is 14.1. The number of rotatable bonds is 2. The van der Waals surface area contributed by atoms with Gasteiger partial charge in [-0.2, -0.15) is 0 Å². The molecule has 1 aliphatic rings. The molecule has 0 bridgehead atoms. The smallest absolute Gasteiger partial charge is 0.0708 e. The van der Waals surface area contributed by atoms with Gasteiger partial charge in [0.05, 0.1) is 11.6 Å². The average molecular weight is 343 g/mol. The fraction of sp³-hybridized carbons (Fsp3) is 0.471. The highest BCUT2D eigenvalue weighted by molar-refractivity contribution is 5.85. The summed E-state index contributed by atoms with van der Waals surface area (Å²) in [6.45, 7) is 6.75. The van der Waals surface area contributed by atoms with Crippen LogP contribution in [0.3, 0.4) is 0 Å². The number of benzene rings is 1. The molecule has 1 aromatic heterocycles. The maximum Gasteiger partial charge on any atom is 0.0708 e. The minimum absolute atomic E-state index is 0. The molecule has 1 aliphatic heterocycles. The molecule has 0 saturated heterocycles. The van der Waals surface area contributed by atoms with E-state index in [2.05, 4.69) is 36.1 Å². The van der Waals surface area contributed by atoms with Gasteiger partial charge in [0.15, 0.2) is 0 Å². The van der Waals surface area contributed by atoms with E-state index >= 15 is 0 Å². The molecule has 122 valence electrons. The molecule has 3 rings (SSSR count). The Balaban J connectivity index is 0.00000121. The van der Waals surface area contributed by atoms with Gasteiger partial charge in [-0.1, -0.05) is 18.2 Å². The zero-order valence-corrected chi connectivity index (χ0v) is 14.7. The van der Waals surface area contributed by atoms with E-state index < -0.39 is 0 Å². The molecular formula is C17H24Cl2N2O. The van der Waals surface area contributed by atoms with E-state index in [0.717, 1.165) is 38.0 Å². The molecule has 0 saturated carbocycles. The van der Waals surface area contributed by atoms with Crippen LogP contribution < -0.4 is 0 Å². The van der Waals surface area contributed by atoms with E-state index in [-0.39, 0.29) is 30.9 Å². The average Bonchev–Trinajstić information content (AvgIpc) is 2.61. The first-order valence-electron chi connectivity index (χ1n) is 7.42. The number of hydrogen-bond donors (Lipinski definition) is 1. The lowest BCUT2D eigenvalue weighted by molar-refractivity contribution is 0.123. The summed E-state index contributed by atoms with van der Waals surface area (Å²) < 4.78 is 0. The lowest BCUT2D eigenvalue weighted by Crippen LogP contribution is -2.31. The Morgan fingerprint density at radius 3 is 2.73 bits per heavy atom. The van der Waals surface area contributed by atoms with Crippen molar-refractivity contribution in [3.63, 3.8) is 0 Å². The standard InChI is InChI=1S/C17H22N2O.2ClH/c1-12(20)10-19-9-5-8-17-15(11-19)13(2)14-6-3-4-7-16(14)18-17;;/h3-4,6-7,12,20H,5,8-11H2,1-2H3;2*1H. The monoisotopic (exact) mass is 342 g/mol. The van der Waals surface area contributed by atoms with Crippen molar-refractivity contribution in [1.29, 1.82) is 0 Å². The second kappa shape index (κ2) is 8.11. The van der Waals surface area contributed by atoms with E-state index in [9.17, 15) is 5.11 Å². The predicted octanol–water partition coefficient (Wildman–Crippen LogP) is 3.52. The van der Waals surface area contributed by atoms with Crippen LogP contribution in [0, 0.1) is 6.92 Å². The topological polar surface area (TPSA) is 36.4 Å². The molecule has 0 aliphatic carbocycles. The van der Waals surface area contributed by atoms with Crippen molar-refractivity contribution in [3.8, 4) is 0 Å². The SMILES string of the molecule is Cc1c2c(nc3ccccc13)CCCN(CC(C)O)C2.Cl.Cl. The van der Waals surface area contributed by atoms with Crippen LogP contribution in [0.15, 0.2) is 24.3 Å². The van der Waals surface area contributed by atoms with Crippen molar-refractivity contribution in [2.45, 2.75) is 39.3 Å². The minimum Gasteiger partial charge on any atom is -0.392 e. The summed E-state index contributed by atoms with van der Waals surface area (Å²) in [6, 6.07) is 8.38. The Bertz CT molecular complexity index is 631. The van der Waals surface area contributed by atoms with Crippen molar-refractivity contribution >= 4 is 35.7 Å². The van der Waals surface area contributed by atoms with Gasteiger partial charge >= 0.3 is 0 Å². The molecule has 0 spiro atoms. The van der Waals surface area contributed by atoms with Gasteiger partial charge in [-0.3, -0.25) is 9.88 Å². The molecule has 3 nitrogen and oxygen atoms in total. The van der Waals surface area contributed by atoms with Gasteiger partial charge in [-0.05, 0) is 50.4 Å². The van der Waals surface area contributed by atoms with E-state index in [4.69, 9.17) is 4.98 Å². The van der Waals surface area contributed by atoms with E-state index in [1.165, 1.54) is 22.2 Å². The van der Waals surface area contributed by atoms with Gasteiger partial charge in [0.2, 0.25) is 0 Å². The summed E-state index contributed by atoms with van der Waals surface area (Å²) in [4.78, 5) is 7.21. The highest BCUT2D eigenvalue weighted by Gasteiger charge is 2.19. The number of fused-ring (bicyclic) bond motifs is 2. The number of halogens is 2. The number of aliphatic hydroxyl groups is 1. The molecule has 1 atom stereocenters. The maximum absolute atomic E-state index is 9.63. The Labute approximate surface area is 144 Å². The number of β-amino-alcohol motifs (C(OH)–C–C–N with tert-alkyl or cyclic N) is 1. The van der Waals surface area contributed by atoms with Gasteiger partial charge in [-0.15, -0.1) is 24.8 Å². The number of aryl methyl sites for hydroxylation is 2. The molecule has 5 heteroatoms. The molecule has 0 radical (unpaired) electrons. The number of pyridine rings is 1. The molecule has 0 amide bonds. The van der Waals surface area contributed by atoms with Gasteiger partial charge in [0.25, 0.3) is 0 Å². The maximum atomic E-state index is 9.63. The summed E-state index contributed by atoms with van der Waals surface area (Å²) in [5.41, 5.74) is 5.06. The highest BCUT2D eigenvalue weighted by Crippen LogP contribution is 2.26. The second-order valence-electron chi connectivity index (χ2n) is 5.87. The highest BCUT2D eigenvalue weighted by atomic mass is 35.5. The Morgan fingerprint density at radius 2 is 2.00 bits per heavy atom. The normalized spacial score (nSPS) is 16.1. The number of nitrogens with zero attached hydrogens (tertiary/aromatic N) is 2. The predicted molar refractivity (Wildman–Crippen MR) is 96.3 cm³/mol. The number of aliphatic hydroxyl groups excluding tert-OH is 1. The van der Waals surface area contributed by atoms with E-state index in [1.807, 2.05) is 6.92 Å². The Hall–Kier alpha value is -0.870. The summed E-state index contributed by atoms with van der Waals surface area (Å²) >= 11 is 0. The van der Waals surface area contributed by atoms with Crippen LogP contribution in [0.25, 0.3) is 10.9 Å². The first kappa shape index (κ1) is 19.2. The molecule has 2 heterocycles. The van der Waals surface area contributed by atoms with Crippen LogP contribution in [0.2, 0.25) is 0 Å². The lowest BCUT2D eigenvalue weighted by Gasteiger charge is -2.22. The Kier molecular flexibility index (Phi) is 7.07. The number of aromatic nitrogens is 1. The molecule has 22 heavy (non-hydrogen) atoms. The second-order valence-corrected chi connectivity index (χ2v) is 5.87. The van der Waals surface area contributed by atoms with Gasteiger partial charge < -0.3 is 5.11 Å². The van der Waals surface area contributed by atoms with Crippen molar-refractivity contribution in [3.05, 3.63) is 41.1 Å². The first-order valence-corrected chi connectivity index (χ1v) is 7.42. The summed E-state index contributed by atoms with van der Waals surface area (Å²) in [6.07, 6.45) is 1.88. The van der Waals surface area contributed by atoms with Crippen molar-refractivity contribution < 1.29 is 5.11 Å².